The number of benzene rings is 2. The molecule has 212 valence electrons. The largest absolute Gasteiger partial charge is 0.445 e. The summed E-state index contributed by atoms with van der Waals surface area (Å²) in [6.07, 6.45) is 2.01. The van der Waals surface area contributed by atoms with Crippen molar-refractivity contribution in [1.29, 1.82) is 0 Å². The molecule has 1 aliphatic rings. The Morgan fingerprint density at radius 2 is 1.73 bits per heavy atom. The number of carbonyl (C=O) groups is 2. The van der Waals surface area contributed by atoms with Crippen molar-refractivity contribution < 1.29 is 28.2 Å². The van der Waals surface area contributed by atoms with Gasteiger partial charge in [0, 0.05) is 36.5 Å². The van der Waals surface area contributed by atoms with E-state index in [0.29, 0.717) is 17.2 Å². The van der Waals surface area contributed by atoms with Gasteiger partial charge in [0.1, 0.15) is 12.4 Å². The fraction of sp³-hybridized carbons (Fsp3) is 0.267. The average molecular weight is 560 g/mol. The molecule has 0 atom stereocenters. The van der Waals surface area contributed by atoms with Gasteiger partial charge in [-0.2, -0.15) is 0 Å². The molecule has 2 aromatic heterocycles. The smallest absolute Gasteiger partial charge is 0.407 e. The topological polar surface area (TPSA) is 127 Å². The Labute approximate surface area is 236 Å². The van der Waals surface area contributed by atoms with Crippen LogP contribution in [0.1, 0.15) is 31.0 Å². The standard InChI is InChI=1S/C30H30FN5O5/c1-30(36-24(37)13-16-33-29(38)39-17-20-5-3-2-4-6-20)18-40-28(41-19-30)27-34-25(21-7-9-23(31)10-8-21)26(35-27)22-11-14-32-15-12-22/h2-12,14-15,28H,13,16-19H2,1H3,(H,33,38)(H,34,35)(H,36,37). The lowest BCUT2D eigenvalue weighted by molar-refractivity contribution is -0.217. The highest BCUT2D eigenvalue weighted by Crippen LogP contribution is 2.34. The van der Waals surface area contributed by atoms with Crippen LogP contribution in [0, 0.1) is 5.82 Å². The van der Waals surface area contributed by atoms with Gasteiger partial charge in [-0.15, -0.1) is 0 Å². The Morgan fingerprint density at radius 3 is 2.44 bits per heavy atom. The van der Waals surface area contributed by atoms with Crippen molar-refractivity contribution in [2.75, 3.05) is 19.8 Å². The molecular formula is C30H30FN5O5. The number of halogens is 1. The number of carbonyl (C=O) groups excluding carboxylic acids is 2. The van der Waals surface area contributed by atoms with Crippen molar-refractivity contribution in [2.24, 2.45) is 0 Å². The normalized spacial score (nSPS) is 18.4. The van der Waals surface area contributed by atoms with Gasteiger partial charge in [-0.05, 0) is 48.9 Å². The molecule has 1 aliphatic heterocycles. The van der Waals surface area contributed by atoms with Crippen molar-refractivity contribution in [2.45, 2.75) is 31.8 Å². The Kier molecular flexibility index (Phi) is 8.66. The number of nitrogens with zero attached hydrogens (tertiary/aromatic N) is 2. The van der Waals surface area contributed by atoms with Gasteiger partial charge in [0.15, 0.2) is 5.82 Å². The van der Waals surface area contributed by atoms with E-state index in [1.54, 1.807) is 24.5 Å². The van der Waals surface area contributed by atoms with Crippen LogP contribution in [0.25, 0.3) is 22.5 Å². The minimum Gasteiger partial charge on any atom is -0.445 e. The highest BCUT2D eigenvalue weighted by Gasteiger charge is 2.36. The highest BCUT2D eigenvalue weighted by molar-refractivity contribution is 5.79. The lowest BCUT2D eigenvalue weighted by Crippen LogP contribution is -2.56. The molecule has 5 rings (SSSR count). The van der Waals surface area contributed by atoms with Gasteiger partial charge in [0.2, 0.25) is 12.2 Å². The van der Waals surface area contributed by atoms with Crippen molar-refractivity contribution >= 4 is 12.0 Å². The van der Waals surface area contributed by atoms with E-state index in [9.17, 15) is 14.0 Å². The number of alkyl carbamates (subject to hydrolysis) is 1. The van der Waals surface area contributed by atoms with E-state index in [-0.39, 0.29) is 44.5 Å². The van der Waals surface area contributed by atoms with Gasteiger partial charge in [-0.3, -0.25) is 9.78 Å². The quantitative estimate of drug-likeness (QED) is 0.275. The second-order valence-electron chi connectivity index (χ2n) is 9.89. The first kappa shape index (κ1) is 27.9. The van der Waals surface area contributed by atoms with Crippen LogP contribution in [0.4, 0.5) is 9.18 Å². The summed E-state index contributed by atoms with van der Waals surface area (Å²) in [5, 5.41) is 5.50. The molecule has 0 aliphatic carbocycles. The number of rotatable bonds is 9. The molecule has 0 bridgehead atoms. The number of H-pyrrole nitrogens is 1. The third kappa shape index (κ3) is 7.33. The first-order valence-corrected chi connectivity index (χ1v) is 13.1. The molecule has 3 heterocycles. The number of nitrogens with one attached hydrogen (secondary N) is 3. The Hall–Kier alpha value is -4.61. The van der Waals surface area contributed by atoms with Crippen LogP contribution in [0.2, 0.25) is 0 Å². The molecule has 1 fully saturated rings. The summed E-state index contributed by atoms with van der Waals surface area (Å²) in [6, 6.07) is 19.1. The molecule has 4 aromatic rings. The zero-order valence-electron chi connectivity index (χ0n) is 22.4. The van der Waals surface area contributed by atoms with Crippen LogP contribution in [-0.4, -0.2) is 52.2 Å². The number of aromatic amines is 1. The molecule has 11 heteroatoms. The lowest BCUT2D eigenvalue weighted by atomic mass is 10.0. The fourth-order valence-electron chi connectivity index (χ4n) is 4.34. The van der Waals surface area contributed by atoms with Crippen LogP contribution < -0.4 is 10.6 Å². The predicted octanol–water partition coefficient (Wildman–Crippen LogP) is 4.51. The first-order chi connectivity index (χ1) is 19.9. The van der Waals surface area contributed by atoms with E-state index < -0.39 is 17.9 Å². The maximum Gasteiger partial charge on any atom is 0.407 e. The molecule has 1 saturated heterocycles. The minimum absolute atomic E-state index is 0.0635. The molecule has 2 aromatic carbocycles. The molecule has 0 unspecified atom stereocenters. The zero-order chi connectivity index (χ0) is 28.7. The van der Waals surface area contributed by atoms with Crippen LogP contribution in [-0.2, 0) is 25.6 Å². The summed E-state index contributed by atoms with van der Waals surface area (Å²) in [5.41, 5.74) is 3.02. The van der Waals surface area contributed by atoms with Crippen molar-refractivity contribution in [1.82, 2.24) is 25.6 Å². The Morgan fingerprint density at radius 1 is 1.02 bits per heavy atom. The fourth-order valence-corrected chi connectivity index (χ4v) is 4.34. The Balaban J connectivity index is 1.14. The minimum atomic E-state index is -0.796. The van der Waals surface area contributed by atoms with E-state index in [1.807, 2.05) is 49.4 Å². The highest BCUT2D eigenvalue weighted by atomic mass is 19.1. The van der Waals surface area contributed by atoms with Crippen molar-refractivity contribution in [3.63, 3.8) is 0 Å². The number of amides is 2. The summed E-state index contributed by atoms with van der Waals surface area (Å²) < 4.78 is 30.6. The van der Waals surface area contributed by atoms with Crippen LogP contribution in [0.15, 0.2) is 79.1 Å². The molecule has 0 radical (unpaired) electrons. The van der Waals surface area contributed by atoms with Crippen molar-refractivity contribution in [3.8, 4) is 22.5 Å². The second-order valence-corrected chi connectivity index (χ2v) is 9.89. The summed E-state index contributed by atoms with van der Waals surface area (Å²) in [5.74, 6) is -0.154. The van der Waals surface area contributed by atoms with E-state index in [2.05, 4.69) is 20.6 Å². The van der Waals surface area contributed by atoms with Gasteiger partial charge in [-0.25, -0.2) is 14.2 Å². The van der Waals surface area contributed by atoms with E-state index >= 15 is 0 Å². The number of pyridine rings is 1. The average Bonchev–Trinajstić information content (AvgIpc) is 3.43. The van der Waals surface area contributed by atoms with Gasteiger partial charge in [0.25, 0.3) is 0 Å². The zero-order valence-corrected chi connectivity index (χ0v) is 22.4. The number of hydrogen-bond donors (Lipinski definition) is 3. The molecule has 10 nitrogen and oxygen atoms in total. The Bertz CT molecular complexity index is 1460. The van der Waals surface area contributed by atoms with Gasteiger partial charge >= 0.3 is 6.09 Å². The maximum atomic E-state index is 13.6. The monoisotopic (exact) mass is 559 g/mol. The van der Waals surface area contributed by atoms with Gasteiger partial charge in [-0.1, -0.05) is 30.3 Å². The van der Waals surface area contributed by atoms with Crippen LogP contribution >= 0.6 is 0 Å². The number of ether oxygens (including phenoxy) is 3. The lowest BCUT2D eigenvalue weighted by Gasteiger charge is -2.37. The molecule has 0 saturated carbocycles. The number of hydrogen-bond acceptors (Lipinski definition) is 7. The number of aromatic nitrogens is 3. The number of imidazole rings is 1. The summed E-state index contributed by atoms with van der Waals surface area (Å²) in [6.45, 7) is 2.44. The molecular weight excluding hydrogens is 529 g/mol. The van der Waals surface area contributed by atoms with Gasteiger partial charge in [0.05, 0.1) is 30.1 Å². The summed E-state index contributed by atoms with van der Waals surface area (Å²) >= 11 is 0. The molecule has 3 N–H and O–H groups in total. The molecule has 2 amide bonds. The predicted molar refractivity (Wildman–Crippen MR) is 148 cm³/mol. The third-order valence-corrected chi connectivity index (χ3v) is 6.41. The summed E-state index contributed by atoms with van der Waals surface area (Å²) in [4.78, 5) is 36.5. The van der Waals surface area contributed by atoms with E-state index in [1.165, 1.54) is 12.1 Å². The van der Waals surface area contributed by atoms with Gasteiger partial charge < -0.3 is 29.8 Å². The summed E-state index contributed by atoms with van der Waals surface area (Å²) in [7, 11) is 0. The molecule has 0 spiro atoms. The van der Waals surface area contributed by atoms with Crippen LogP contribution in [0.5, 0.6) is 0 Å². The first-order valence-electron chi connectivity index (χ1n) is 13.1. The molecule has 41 heavy (non-hydrogen) atoms. The van der Waals surface area contributed by atoms with E-state index in [4.69, 9.17) is 19.2 Å². The van der Waals surface area contributed by atoms with Crippen molar-refractivity contribution in [3.05, 3.63) is 96.3 Å². The SMILES string of the molecule is CC1(NC(=O)CCNC(=O)OCc2ccccc2)COC(c2nc(-c3ccncc3)c(-c3ccc(F)cc3)[nH]2)OC1. The second kappa shape index (κ2) is 12.7. The van der Waals surface area contributed by atoms with Crippen LogP contribution in [0.3, 0.4) is 0 Å². The third-order valence-electron chi connectivity index (χ3n) is 6.41. The van der Waals surface area contributed by atoms with E-state index in [0.717, 1.165) is 16.7 Å². The maximum absolute atomic E-state index is 13.6.